The molecule has 0 saturated carbocycles. The monoisotopic (exact) mass is 225 g/mol. The first kappa shape index (κ1) is 10.5. The molecule has 15 heavy (non-hydrogen) atoms. The van der Waals surface area contributed by atoms with Crippen molar-refractivity contribution in [2.24, 2.45) is 0 Å². The van der Waals surface area contributed by atoms with Crippen LogP contribution in [0.5, 0.6) is 0 Å². The van der Waals surface area contributed by atoms with Crippen molar-refractivity contribution in [3.63, 3.8) is 0 Å². The van der Waals surface area contributed by atoms with Crippen molar-refractivity contribution >= 4 is 17.7 Å². The molecule has 0 aliphatic carbocycles. The molecule has 0 saturated heterocycles. The minimum Gasteiger partial charge on any atom is -0.353 e. The molecule has 4 nitrogen and oxygen atoms in total. The first-order chi connectivity index (χ1) is 7.20. The van der Waals surface area contributed by atoms with E-state index in [2.05, 4.69) is 29.1 Å². The highest BCUT2D eigenvalue weighted by Crippen LogP contribution is 2.25. The van der Waals surface area contributed by atoms with Crippen molar-refractivity contribution in [1.82, 2.24) is 9.97 Å². The Bertz CT molecular complexity index is 416. The number of aromatic nitrogens is 2. The van der Waals surface area contributed by atoms with Crippen LogP contribution in [0.25, 0.3) is 0 Å². The summed E-state index contributed by atoms with van der Waals surface area (Å²) in [5.74, 6) is 2.26. The van der Waals surface area contributed by atoms with Crippen LogP contribution in [-0.2, 0) is 11.5 Å². The lowest BCUT2D eigenvalue weighted by molar-refractivity contribution is 0.749. The predicted molar refractivity (Wildman–Crippen MR) is 63.2 cm³/mol. The maximum Gasteiger partial charge on any atom is 0.256 e. The lowest BCUT2D eigenvalue weighted by Gasteiger charge is -2.12. The lowest BCUT2D eigenvalue weighted by Crippen LogP contribution is -2.21. The molecule has 0 aromatic carbocycles. The number of thioether (sulfide) groups is 1. The third-order valence-electron chi connectivity index (χ3n) is 2.58. The SMILES string of the molecule is CCC(C)Nc1nc2c(c(=O)[nH]1)CSC2. The summed E-state index contributed by atoms with van der Waals surface area (Å²) in [5, 5.41) is 3.19. The highest BCUT2D eigenvalue weighted by molar-refractivity contribution is 7.98. The fourth-order valence-electron chi connectivity index (χ4n) is 1.47. The third kappa shape index (κ3) is 2.17. The molecule has 0 spiro atoms. The molecule has 1 atom stereocenters. The van der Waals surface area contributed by atoms with E-state index in [9.17, 15) is 4.79 Å². The van der Waals surface area contributed by atoms with Crippen molar-refractivity contribution in [1.29, 1.82) is 0 Å². The fourth-order valence-corrected chi connectivity index (χ4v) is 2.50. The first-order valence-electron chi connectivity index (χ1n) is 5.17. The number of hydrogen-bond donors (Lipinski definition) is 2. The van der Waals surface area contributed by atoms with Gasteiger partial charge in [0.15, 0.2) is 0 Å². The van der Waals surface area contributed by atoms with Crippen molar-refractivity contribution in [3.8, 4) is 0 Å². The topological polar surface area (TPSA) is 57.8 Å². The van der Waals surface area contributed by atoms with Gasteiger partial charge in [0, 0.05) is 23.1 Å². The van der Waals surface area contributed by atoms with Gasteiger partial charge in [-0.05, 0) is 13.3 Å². The van der Waals surface area contributed by atoms with E-state index in [1.807, 2.05) is 0 Å². The number of rotatable bonds is 3. The molecular weight excluding hydrogens is 210 g/mol. The van der Waals surface area contributed by atoms with E-state index < -0.39 is 0 Å². The van der Waals surface area contributed by atoms with Gasteiger partial charge >= 0.3 is 0 Å². The quantitative estimate of drug-likeness (QED) is 0.822. The van der Waals surface area contributed by atoms with E-state index in [0.29, 0.717) is 12.0 Å². The highest BCUT2D eigenvalue weighted by Gasteiger charge is 2.17. The number of anilines is 1. The standard InChI is InChI=1S/C10H15N3OS/c1-3-6(2)11-10-12-8-5-15-4-7(8)9(14)13-10/h6H,3-5H2,1-2H3,(H2,11,12,13,14). The van der Waals surface area contributed by atoms with Crippen molar-refractivity contribution in [3.05, 3.63) is 21.6 Å². The summed E-state index contributed by atoms with van der Waals surface area (Å²) < 4.78 is 0. The van der Waals surface area contributed by atoms with Gasteiger partial charge in [0.25, 0.3) is 5.56 Å². The minimum atomic E-state index is 0.0100. The number of H-pyrrole nitrogens is 1. The lowest BCUT2D eigenvalue weighted by atomic mass is 10.2. The van der Waals surface area contributed by atoms with Gasteiger partial charge in [-0.2, -0.15) is 11.8 Å². The molecule has 0 fully saturated rings. The summed E-state index contributed by atoms with van der Waals surface area (Å²) in [5.41, 5.74) is 1.79. The fraction of sp³-hybridized carbons (Fsp3) is 0.600. The van der Waals surface area contributed by atoms with Crippen molar-refractivity contribution in [2.45, 2.75) is 37.8 Å². The molecule has 2 rings (SSSR count). The molecule has 1 aliphatic heterocycles. The van der Waals surface area contributed by atoms with Gasteiger partial charge in [-0.25, -0.2) is 4.98 Å². The van der Waals surface area contributed by atoms with Gasteiger partial charge in [0.1, 0.15) is 0 Å². The summed E-state index contributed by atoms with van der Waals surface area (Å²) in [7, 11) is 0. The van der Waals surface area contributed by atoms with Crippen LogP contribution >= 0.6 is 11.8 Å². The van der Waals surface area contributed by atoms with Gasteiger partial charge in [-0.15, -0.1) is 0 Å². The smallest absolute Gasteiger partial charge is 0.256 e. The van der Waals surface area contributed by atoms with Crippen molar-refractivity contribution < 1.29 is 0 Å². The Morgan fingerprint density at radius 1 is 1.60 bits per heavy atom. The van der Waals surface area contributed by atoms with E-state index in [4.69, 9.17) is 0 Å². The third-order valence-corrected chi connectivity index (χ3v) is 3.55. The maximum absolute atomic E-state index is 11.7. The van der Waals surface area contributed by atoms with Gasteiger partial charge in [0.05, 0.1) is 5.69 Å². The zero-order valence-electron chi connectivity index (χ0n) is 8.96. The van der Waals surface area contributed by atoms with E-state index in [1.165, 1.54) is 0 Å². The molecule has 0 radical (unpaired) electrons. The second-order valence-electron chi connectivity index (χ2n) is 3.79. The van der Waals surface area contributed by atoms with Crippen LogP contribution in [0.4, 0.5) is 5.95 Å². The zero-order chi connectivity index (χ0) is 10.8. The summed E-state index contributed by atoms with van der Waals surface area (Å²) in [6.45, 7) is 4.17. The van der Waals surface area contributed by atoms with Gasteiger partial charge in [-0.1, -0.05) is 6.92 Å². The molecule has 0 amide bonds. The number of fused-ring (bicyclic) bond motifs is 1. The number of nitrogens with one attached hydrogen (secondary N) is 2. The minimum absolute atomic E-state index is 0.0100. The Hall–Kier alpha value is -0.970. The average molecular weight is 225 g/mol. The Morgan fingerprint density at radius 2 is 2.40 bits per heavy atom. The summed E-state index contributed by atoms with van der Waals surface area (Å²) in [6, 6.07) is 0.334. The molecule has 1 unspecified atom stereocenters. The van der Waals surface area contributed by atoms with Crippen LogP contribution in [0.3, 0.4) is 0 Å². The molecule has 1 aromatic rings. The first-order valence-corrected chi connectivity index (χ1v) is 6.32. The van der Waals surface area contributed by atoms with E-state index in [0.717, 1.165) is 29.2 Å². The van der Waals surface area contributed by atoms with Crippen LogP contribution in [0.2, 0.25) is 0 Å². The summed E-state index contributed by atoms with van der Waals surface area (Å²) in [6.07, 6.45) is 1.01. The normalized spacial score (nSPS) is 16.1. The Morgan fingerprint density at radius 3 is 3.13 bits per heavy atom. The molecule has 2 heterocycles. The highest BCUT2D eigenvalue weighted by atomic mass is 32.2. The van der Waals surface area contributed by atoms with Crippen LogP contribution in [-0.4, -0.2) is 16.0 Å². The molecule has 82 valence electrons. The molecule has 2 N–H and O–H groups in total. The van der Waals surface area contributed by atoms with Crippen molar-refractivity contribution in [2.75, 3.05) is 5.32 Å². The van der Waals surface area contributed by atoms with Gasteiger partial charge < -0.3 is 5.32 Å². The van der Waals surface area contributed by atoms with E-state index in [-0.39, 0.29) is 5.56 Å². The van der Waals surface area contributed by atoms with E-state index >= 15 is 0 Å². The van der Waals surface area contributed by atoms with Crippen LogP contribution in [0, 0.1) is 0 Å². The Labute approximate surface area is 92.9 Å². The number of hydrogen-bond acceptors (Lipinski definition) is 4. The number of nitrogens with zero attached hydrogens (tertiary/aromatic N) is 1. The second kappa shape index (κ2) is 4.26. The number of aromatic amines is 1. The average Bonchev–Trinajstić information content (AvgIpc) is 2.66. The van der Waals surface area contributed by atoms with Crippen LogP contribution in [0.15, 0.2) is 4.79 Å². The molecular formula is C10H15N3OS. The Kier molecular flexibility index (Phi) is 3.00. The van der Waals surface area contributed by atoms with E-state index in [1.54, 1.807) is 11.8 Å². The maximum atomic E-state index is 11.7. The predicted octanol–water partition coefficient (Wildman–Crippen LogP) is 1.73. The van der Waals surface area contributed by atoms with Crippen LogP contribution in [0.1, 0.15) is 31.5 Å². The summed E-state index contributed by atoms with van der Waals surface area (Å²) in [4.78, 5) is 18.8. The molecule has 1 aliphatic rings. The largest absolute Gasteiger partial charge is 0.353 e. The molecule has 0 bridgehead atoms. The zero-order valence-corrected chi connectivity index (χ0v) is 9.78. The summed E-state index contributed by atoms with van der Waals surface area (Å²) >= 11 is 1.74. The van der Waals surface area contributed by atoms with Gasteiger partial charge in [-0.3, -0.25) is 9.78 Å². The molecule has 1 aromatic heterocycles. The second-order valence-corrected chi connectivity index (χ2v) is 4.77. The van der Waals surface area contributed by atoms with Gasteiger partial charge in [0.2, 0.25) is 5.95 Å². The Balaban J connectivity index is 2.28. The van der Waals surface area contributed by atoms with Crippen LogP contribution < -0.4 is 10.9 Å². The molecule has 5 heteroatoms.